The average Bonchev–Trinajstić information content (AvgIpc) is 3.04. The molecule has 0 aliphatic carbocycles. The van der Waals surface area contributed by atoms with Gasteiger partial charge in [0.05, 0.1) is 14.1 Å². The molecule has 0 bridgehead atoms. The highest BCUT2D eigenvalue weighted by Gasteiger charge is 2.52. The van der Waals surface area contributed by atoms with Crippen LogP contribution in [-0.2, 0) is 0 Å². The Morgan fingerprint density at radius 1 is 0.229 bits per heavy atom. The molecule has 0 saturated heterocycles. The molecule has 0 aliphatic heterocycles. The summed E-state index contributed by atoms with van der Waals surface area (Å²) in [7, 11) is 4.00. The Labute approximate surface area is 252 Å². The van der Waals surface area contributed by atoms with E-state index >= 15 is 35.1 Å². The molecule has 0 amide bonds. The molecule has 0 atom stereocenters. The molecule has 0 spiro atoms. The third-order valence-corrected chi connectivity index (χ3v) is 6.71. The van der Waals surface area contributed by atoms with Gasteiger partial charge >= 0.3 is 0 Å². The van der Waals surface area contributed by atoms with Crippen LogP contribution in [0.15, 0.2) is 0 Å². The first kappa shape index (κ1) is 38.0. The standard InChI is InChI=1S/C24BF20.C2H7N/c26-5-1(6(27)14(35)21(42)13(5)34)25(2-7(28)15(36)22(43)16(37)8(2)29,3-9(30)17(38)23(44)18(39)10(3)31)4-11(32)19(40)24(45)20(41)12(4)33;1-3-2/h;3H,1-2H3/q-1;/p+1. The van der Waals surface area contributed by atoms with E-state index in [1.54, 1.807) is 0 Å². The summed E-state index contributed by atoms with van der Waals surface area (Å²) in [5, 5.41) is 2.00. The maximum absolute atomic E-state index is 15.4. The van der Waals surface area contributed by atoms with Gasteiger partial charge in [-0.25, -0.2) is 87.8 Å². The minimum absolute atomic E-state index is 2.00. The van der Waals surface area contributed by atoms with E-state index in [1.165, 1.54) is 0 Å². The third kappa shape index (κ3) is 5.10. The van der Waals surface area contributed by atoms with Gasteiger partial charge in [0.2, 0.25) is 0 Å². The van der Waals surface area contributed by atoms with E-state index in [-0.39, 0.29) is 0 Å². The summed E-state index contributed by atoms with van der Waals surface area (Å²) >= 11 is 0. The number of benzene rings is 4. The molecule has 0 saturated carbocycles. The average molecular weight is 725 g/mol. The summed E-state index contributed by atoms with van der Waals surface area (Å²) in [6.45, 7) is 0. The topological polar surface area (TPSA) is 16.6 Å². The zero-order chi connectivity index (χ0) is 37.1. The summed E-state index contributed by atoms with van der Waals surface area (Å²) in [6, 6.07) is 0. The summed E-state index contributed by atoms with van der Waals surface area (Å²) < 4.78 is 294. The molecule has 4 aromatic rings. The second kappa shape index (κ2) is 13.2. The molecule has 48 heavy (non-hydrogen) atoms. The molecule has 0 aliphatic rings. The van der Waals surface area contributed by atoms with Crippen LogP contribution in [0.5, 0.6) is 0 Å². The Balaban J connectivity index is 0.00000201. The second-order valence-corrected chi connectivity index (χ2v) is 9.38. The lowest BCUT2D eigenvalue weighted by molar-refractivity contribution is -0.597. The fourth-order valence-electron chi connectivity index (χ4n) is 4.87. The molecule has 4 rings (SSSR count). The first-order valence-electron chi connectivity index (χ1n) is 12.1. The molecule has 1 nitrogen and oxygen atoms in total. The first-order valence-corrected chi connectivity index (χ1v) is 12.1. The summed E-state index contributed by atoms with van der Waals surface area (Å²) in [6.07, 6.45) is -7.22. The molecule has 22 heteroatoms. The van der Waals surface area contributed by atoms with Crippen LogP contribution < -0.4 is 27.2 Å². The quantitative estimate of drug-likeness (QED) is 0.137. The molecule has 0 aromatic heterocycles. The van der Waals surface area contributed by atoms with Gasteiger partial charge in [-0.05, 0) is 0 Å². The van der Waals surface area contributed by atoms with Gasteiger partial charge in [-0.2, -0.15) is 0 Å². The molecule has 4 aromatic carbocycles. The highest BCUT2D eigenvalue weighted by Crippen LogP contribution is 2.30. The van der Waals surface area contributed by atoms with Crippen LogP contribution in [0.4, 0.5) is 87.8 Å². The first-order chi connectivity index (χ1) is 22.1. The van der Waals surface area contributed by atoms with Crippen LogP contribution in [0.25, 0.3) is 0 Å². The van der Waals surface area contributed by atoms with Gasteiger partial charge in [0.15, 0.2) is 69.8 Å². The van der Waals surface area contributed by atoms with E-state index in [4.69, 9.17) is 0 Å². The van der Waals surface area contributed by atoms with Crippen LogP contribution in [0.2, 0.25) is 0 Å². The van der Waals surface area contributed by atoms with Crippen LogP contribution in [0.1, 0.15) is 0 Å². The van der Waals surface area contributed by atoms with Crippen LogP contribution >= 0.6 is 0 Å². The predicted molar refractivity (Wildman–Crippen MR) is 123 cm³/mol. The summed E-state index contributed by atoms with van der Waals surface area (Å²) in [5.41, 5.74) is -14.3. The fourth-order valence-corrected chi connectivity index (χ4v) is 4.87. The Hall–Kier alpha value is -4.50. The minimum atomic E-state index is -7.22. The van der Waals surface area contributed by atoms with Gasteiger partial charge in [-0.3, -0.25) is 0 Å². The SMILES string of the molecule is C[NH2+]C.Fc1c(F)c(F)c([B-](c2c(F)c(F)c(F)c(F)c2F)(c2c(F)c(F)c(F)c(F)c2F)c2c(F)c(F)c(F)c(F)c2F)c(F)c1F. The van der Waals surface area contributed by atoms with Crippen molar-refractivity contribution in [1.29, 1.82) is 0 Å². The van der Waals surface area contributed by atoms with Crippen molar-refractivity contribution >= 4 is 28.0 Å². The van der Waals surface area contributed by atoms with Gasteiger partial charge in [-0.15, -0.1) is 21.9 Å². The van der Waals surface area contributed by atoms with Gasteiger partial charge in [0.25, 0.3) is 0 Å². The van der Waals surface area contributed by atoms with Crippen molar-refractivity contribution in [1.82, 2.24) is 0 Å². The zero-order valence-corrected chi connectivity index (χ0v) is 22.7. The Kier molecular flexibility index (Phi) is 10.4. The molecule has 260 valence electrons. The largest absolute Gasteiger partial charge is 0.351 e. The highest BCUT2D eigenvalue weighted by atomic mass is 19.2. The number of quaternary nitrogens is 1. The second-order valence-electron chi connectivity index (χ2n) is 9.38. The van der Waals surface area contributed by atoms with E-state index in [2.05, 4.69) is 0 Å². The van der Waals surface area contributed by atoms with E-state index in [9.17, 15) is 52.7 Å². The Bertz CT molecular complexity index is 1590. The molecule has 2 N–H and O–H groups in total. The number of halogens is 20. The maximum Gasteiger partial charge on any atom is 0.200 e. The van der Waals surface area contributed by atoms with Crippen LogP contribution in [0.3, 0.4) is 0 Å². The van der Waals surface area contributed by atoms with Crippen molar-refractivity contribution in [3.8, 4) is 0 Å². The van der Waals surface area contributed by atoms with E-state index in [0.717, 1.165) is 0 Å². The third-order valence-electron chi connectivity index (χ3n) is 6.71. The van der Waals surface area contributed by atoms with Gasteiger partial charge in [0, 0.05) is 0 Å². The highest BCUT2D eigenvalue weighted by molar-refractivity contribution is 7.20. The Morgan fingerprint density at radius 2 is 0.312 bits per heavy atom. The van der Waals surface area contributed by atoms with Crippen molar-refractivity contribution in [2.45, 2.75) is 0 Å². The van der Waals surface area contributed by atoms with Crippen molar-refractivity contribution < 1.29 is 93.1 Å². The maximum atomic E-state index is 15.4. The van der Waals surface area contributed by atoms with E-state index < -0.39 is 144 Å². The van der Waals surface area contributed by atoms with Gasteiger partial charge in [-0.1, -0.05) is 0 Å². The lowest BCUT2D eigenvalue weighted by Crippen LogP contribution is -2.81. The predicted octanol–water partition coefficient (Wildman–Crippen LogP) is 4.66. The molecule has 0 radical (unpaired) electrons. The summed E-state index contributed by atoms with van der Waals surface area (Å²) in [4.78, 5) is 0. The smallest absolute Gasteiger partial charge is 0.200 e. The lowest BCUT2D eigenvalue weighted by atomic mass is 9.12. The summed E-state index contributed by atoms with van der Waals surface area (Å²) in [5.74, 6) is -71.4. The van der Waals surface area contributed by atoms with Crippen molar-refractivity contribution in [3.63, 3.8) is 0 Å². The monoisotopic (exact) mass is 725 g/mol. The van der Waals surface area contributed by atoms with E-state index in [0.29, 0.717) is 0 Å². The lowest BCUT2D eigenvalue weighted by Gasteiger charge is -2.44. The minimum Gasteiger partial charge on any atom is -0.351 e. The normalized spacial score (nSPS) is 11.6. The number of rotatable bonds is 4. The van der Waals surface area contributed by atoms with Crippen molar-refractivity contribution in [2.24, 2.45) is 0 Å². The van der Waals surface area contributed by atoms with Gasteiger partial charge < -0.3 is 5.32 Å². The van der Waals surface area contributed by atoms with Crippen molar-refractivity contribution in [3.05, 3.63) is 116 Å². The fraction of sp³-hybridized carbons (Fsp3) is 0.0769. The molecular weight excluding hydrogens is 717 g/mol. The molecular formula is C26H8BF20N. The zero-order valence-electron chi connectivity index (χ0n) is 22.7. The number of hydrogen-bond acceptors (Lipinski definition) is 0. The van der Waals surface area contributed by atoms with Crippen molar-refractivity contribution in [2.75, 3.05) is 14.1 Å². The molecule has 0 heterocycles. The van der Waals surface area contributed by atoms with Gasteiger partial charge in [0.1, 0.15) is 52.7 Å². The van der Waals surface area contributed by atoms with E-state index in [1.807, 2.05) is 19.4 Å². The van der Waals surface area contributed by atoms with Crippen LogP contribution in [0, 0.1) is 116 Å². The number of nitrogens with two attached hydrogens (primary N) is 1. The van der Waals surface area contributed by atoms with Crippen LogP contribution in [-0.4, -0.2) is 20.2 Å². The molecule has 0 unspecified atom stereocenters. The molecule has 0 fully saturated rings. The Morgan fingerprint density at radius 3 is 0.417 bits per heavy atom. The number of hydrogen-bond donors (Lipinski definition) is 1.